The molecule has 1 saturated heterocycles. The van der Waals surface area contributed by atoms with Crippen LogP contribution in [-0.4, -0.2) is 54.7 Å². The summed E-state index contributed by atoms with van der Waals surface area (Å²) >= 11 is 0. The molecule has 4 heteroatoms. The minimum Gasteiger partial charge on any atom is -0.394 e. The Kier molecular flexibility index (Phi) is 6.46. The SMILES string of the molecule is CCC1CCC(=O)C(CN2CCC(OCCO)CC2)C1. The number of carbonyl (C=O) groups is 1. The van der Waals surface area contributed by atoms with Crippen LogP contribution in [0, 0.1) is 11.8 Å². The fourth-order valence-electron chi connectivity index (χ4n) is 3.54. The Morgan fingerprint density at radius 1 is 1.30 bits per heavy atom. The van der Waals surface area contributed by atoms with Crippen molar-refractivity contribution in [1.29, 1.82) is 0 Å². The van der Waals surface area contributed by atoms with E-state index >= 15 is 0 Å². The molecule has 0 radical (unpaired) electrons. The van der Waals surface area contributed by atoms with E-state index in [4.69, 9.17) is 9.84 Å². The van der Waals surface area contributed by atoms with Crippen LogP contribution in [0.25, 0.3) is 0 Å². The quantitative estimate of drug-likeness (QED) is 0.808. The molecule has 4 nitrogen and oxygen atoms in total. The summed E-state index contributed by atoms with van der Waals surface area (Å²) in [6, 6.07) is 0. The maximum absolute atomic E-state index is 12.1. The van der Waals surface area contributed by atoms with E-state index in [1.165, 1.54) is 6.42 Å². The number of nitrogens with zero attached hydrogens (tertiary/aromatic N) is 1. The van der Waals surface area contributed by atoms with Gasteiger partial charge in [-0.2, -0.15) is 0 Å². The topological polar surface area (TPSA) is 49.8 Å². The van der Waals surface area contributed by atoms with Crippen LogP contribution in [-0.2, 0) is 9.53 Å². The molecule has 2 unspecified atom stereocenters. The van der Waals surface area contributed by atoms with Gasteiger partial charge < -0.3 is 14.7 Å². The van der Waals surface area contributed by atoms with Gasteiger partial charge in [-0.3, -0.25) is 4.79 Å². The zero-order valence-electron chi connectivity index (χ0n) is 12.7. The lowest BCUT2D eigenvalue weighted by molar-refractivity contribution is -0.126. The summed E-state index contributed by atoms with van der Waals surface area (Å²) < 4.78 is 5.58. The molecule has 2 aliphatic rings. The average Bonchev–Trinajstić information content (AvgIpc) is 2.49. The van der Waals surface area contributed by atoms with E-state index in [-0.39, 0.29) is 12.5 Å². The zero-order chi connectivity index (χ0) is 14.4. The minimum absolute atomic E-state index is 0.106. The molecular weight excluding hydrogens is 254 g/mol. The number of ether oxygens (including phenoxy) is 1. The number of aliphatic hydroxyl groups is 1. The van der Waals surface area contributed by atoms with Gasteiger partial charge in [0.15, 0.2) is 0 Å². The number of likely N-dealkylation sites (tertiary alicyclic amines) is 1. The summed E-state index contributed by atoms with van der Waals surface area (Å²) in [5.41, 5.74) is 0. The Balaban J connectivity index is 1.72. The lowest BCUT2D eigenvalue weighted by atomic mass is 9.79. The first-order valence-electron chi connectivity index (χ1n) is 8.20. The number of Topliss-reactive ketones (excluding diaryl/α,β-unsaturated/α-hetero) is 1. The van der Waals surface area contributed by atoms with Gasteiger partial charge in [-0.25, -0.2) is 0 Å². The van der Waals surface area contributed by atoms with Gasteiger partial charge in [0.05, 0.1) is 19.3 Å². The normalized spacial score (nSPS) is 29.8. The van der Waals surface area contributed by atoms with Crippen molar-refractivity contribution in [3.8, 4) is 0 Å². The molecule has 1 aliphatic heterocycles. The molecule has 0 spiro atoms. The van der Waals surface area contributed by atoms with E-state index in [1.807, 2.05) is 0 Å². The van der Waals surface area contributed by atoms with E-state index < -0.39 is 0 Å². The fraction of sp³-hybridized carbons (Fsp3) is 0.938. The number of ketones is 1. The Labute approximate surface area is 122 Å². The van der Waals surface area contributed by atoms with Crippen molar-refractivity contribution in [1.82, 2.24) is 4.90 Å². The Hall–Kier alpha value is -0.450. The Bertz CT molecular complexity index is 300. The molecule has 2 atom stereocenters. The van der Waals surface area contributed by atoms with Crippen LogP contribution < -0.4 is 0 Å². The number of aliphatic hydroxyl groups excluding tert-OH is 1. The molecule has 0 aromatic rings. The summed E-state index contributed by atoms with van der Waals surface area (Å²) in [7, 11) is 0. The lowest BCUT2D eigenvalue weighted by Gasteiger charge is -2.36. The van der Waals surface area contributed by atoms with Crippen molar-refractivity contribution in [3.05, 3.63) is 0 Å². The summed E-state index contributed by atoms with van der Waals surface area (Å²) in [5.74, 6) is 1.50. The van der Waals surface area contributed by atoms with E-state index in [9.17, 15) is 4.79 Å². The molecule has 116 valence electrons. The van der Waals surface area contributed by atoms with Crippen molar-refractivity contribution in [2.45, 2.75) is 51.6 Å². The molecule has 1 aliphatic carbocycles. The molecule has 1 heterocycles. The highest BCUT2D eigenvalue weighted by Gasteiger charge is 2.30. The second kappa shape index (κ2) is 8.11. The average molecular weight is 283 g/mol. The van der Waals surface area contributed by atoms with Crippen molar-refractivity contribution in [3.63, 3.8) is 0 Å². The Morgan fingerprint density at radius 2 is 2.05 bits per heavy atom. The predicted octanol–water partition coefficient (Wildman–Crippen LogP) is 1.86. The fourth-order valence-corrected chi connectivity index (χ4v) is 3.54. The molecule has 0 amide bonds. The van der Waals surface area contributed by atoms with Crippen molar-refractivity contribution >= 4 is 5.78 Å². The molecule has 2 rings (SSSR count). The number of hydrogen-bond donors (Lipinski definition) is 1. The molecule has 2 fully saturated rings. The molecule has 0 aromatic carbocycles. The summed E-state index contributed by atoms with van der Waals surface area (Å²) in [5, 5.41) is 8.77. The van der Waals surface area contributed by atoms with Crippen molar-refractivity contribution in [2.75, 3.05) is 32.8 Å². The van der Waals surface area contributed by atoms with Gasteiger partial charge in [-0.15, -0.1) is 0 Å². The molecule has 1 saturated carbocycles. The third-order valence-corrected chi connectivity index (χ3v) is 4.91. The van der Waals surface area contributed by atoms with Crippen LogP contribution >= 0.6 is 0 Å². The van der Waals surface area contributed by atoms with Crippen LogP contribution in [0.3, 0.4) is 0 Å². The van der Waals surface area contributed by atoms with E-state index in [0.29, 0.717) is 18.5 Å². The highest BCUT2D eigenvalue weighted by Crippen LogP contribution is 2.29. The van der Waals surface area contributed by atoms with Gasteiger partial charge >= 0.3 is 0 Å². The summed E-state index contributed by atoms with van der Waals surface area (Å²) in [4.78, 5) is 14.5. The minimum atomic E-state index is 0.106. The predicted molar refractivity (Wildman–Crippen MR) is 78.6 cm³/mol. The number of rotatable bonds is 6. The second-order valence-corrected chi connectivity index (χ2v) is 6.31. The molecule has 1 N–H and O–H groups in total. The number of carbonyl (C=O) groups excluding carboxylic acids is 1. The van der Waals surface area contributed by atoms with Gasteiger partial charge in [0.1, 0.15) is 5.78 Å². The summed E-state index contributed by atoms with van der Waals surface area (Å²) in [6.07, 6.45) is 6.54. The van der Waals surface area contributed by atoms with Crippen LogP contribution in [0.5, 0.6) is 0 Å². The molecule has 0 aromatic heterocycles. The third kappa shape index (κ3) is 4.54. The highest BCUT2D eigenvalue weighted by atomic mass is 16.5. The summed E-state index contributed by atoms with van der Waals surface area (Å²) in [6.45, 7) is 5.79. The number of piperidine rings is 1. The first-order chi connectivity index (χ1) is 9.72. The van der Waals surface area contributed by atoms with Gasteiger partial charge in [0, 0.05) is 32.0 Å². The van der Waals surface area contributed by atoms with Crippen LogP contribution in [0.1, 0.15) is 45.4 Å². The van der Waals surface area contributed by atoms with Crippen LogP contribution in [0.2, 0.25) is 0 Å². The van der Waals surface area contributed by atoms with Gasteiger partial charge in [0.25, 0.3) is 0 Å². The van der Waals surface area contributed by atoms with Crippen molar-refractivity contribution < 1.29 is 14.6 Å². The largest absolute Gasteiger partial charge is 0.394 e. The lowest BCUT2D eigenvalue weighted by Crippen LogP contribution is -2.42. The maximum atomic E-state index is 12.1. The molecule has 0 bridgehead atoms. The smallest absolute Gasteiger partial charge is 0.137 e. The number of hydrogen-bond acceptors (Lipinski definition) is 4. The second-order valence-electron chi connectivity index (χ2n) is 6.31. The highest BCUT2D eigenvalue weighted by molar-refractivity contribution is 5.81. The molecular formula is C16H29NO3. The maximum Gasteiger partial charge on any atom is 0.137 e. The monoisotopic (exact) mass is 283 g/mol. The standard InChI is InChI=1S/C16H29NO3/c1-2-13-3-4-16(19)14(11-13)12-17-7-5-15(6-8-17)20-10-9-18/h13-15,18H,2-12H2,1H3. The zero-order valence-corrected chi connectivity index (χ0v) is 12.7. The van der Waals surface area contributed by atoms with Gasteiger partial charge in [0.2, 0.25) is 0 Å². The molecule has 20 heavy (non-hydrogen) atoms. The van der Waals surface area contributed by atoms with Gasteiger partial charge in [-0.05, 0) is 31.6 Å². The Morgan fingerprint density at radius 3 is 2.70 bits per heavy atom. The van der Waals surface area contributed by atoms with E-state index in [1.54, 1.807) is 0 Å². The van der Waals surface area contributed by atoms with Gasteiger partial charge in [-0.1, -0.05) is 13.3 Å². The van der Waals surface area contributed by atoms with Crippen LogP contribution in [0.15, 0.2) is 0 Å². The first kappa shape index (κ1) is 15.9. The van der Waals surface area contributed by atoms with E-state index in [2.05, 4.69) is 11.8 Å². The first-order valence-corrected chi connectivity index (χ1v) is 8.20. The third-order valence-electron chi connectivity index (χ3n) is 4.91. The van der Waals surface area contributed by atoms with E-state index in [0.717, 1.165) is 57.7 Å². The van der Waals surface area contributed by atoms with Crippen molar-refractivity contribution in [2.24, 2.45) is 11.8 Å². The van der Waals surface area contributed by atoms with Crippen LogP contribution in [0.4, 0.5) is 0 Å².